The minimum Gasteiger partial charge on any atom is -0.313 e. The molecule has 2 aliphatic rings. The summed E-state index contributed by atoms with van der Waals surface area (Å²) in [5.74, 6) is 0.672. The number of aryl methyl sites for hydroxylation is 1. The molecule has 1 heteroatoms. The molecule has 2 atom stereocenters. The van der Waals surface area contributed by atoms with Crippen molar-refractivity contribution < 1.29 is 0 Å². The molecule has 0 fully saturated rings. The van der Waals surface area contributed by atoms with Gasteiger partial charge in [-0.1, -0.05) is 48.8 Å². The van der Waals surface area contributed by atoms with Crippen LogP contribution in [0.4, 0.5) is 0 Å². The van der Waals surface area contributed by atoms with Crippen LogP contribution in [0.2, 0.25) is 0 Å². The number of nitrogens with one attached hydrogen (secondary N) is 1. The lowest BCUT2D eigenvalue weighted by Gasteiger charge is -2.34. The number of allylic oxidation sites excluding steroid dienone is 1. The lowest BCUT2D eigenvalue weighted by Crippen LogP contribution is -2.36. The van der Waals surface area contributed by atoms with E-state index in [2.05, 4.69) is 42.7 Å². The Kier molecular flexibility index (Phi) is 5.13. The van der Waals surface area contributed by atoms with E-state index in [-0.39, 0.29) is 0 Å². The standard InChI is InChI=1S/C20H29N/c1-21-20(17-11-5-3-2-4-6-12-17)19-15-9-13-16-10-7-8-14-18(16)19/h7-8,10-11,14,19-21H,2-6,9,12-13,15H2,1H3/b17-11+. The molecule has 1 nitrogen and oxygen atoms in total. The van der Waals surface area contributed by atoms with Gasteiger partial charge in [-0.15, -0.1) is 0 Å². The van der Waals surface area contributed by atoms with E-state index in [0.29, 0.717) is 12.0 Å². The van der Waals surface area contributed by atoms with E-state index in [1.165, 1.54) is 57.8 Å². The van der Waals surface area contributed by atoms with Gasteiger partial charge < -0.3 is 5.32 Å². The zero-order valence-corrected chi connectivity index (χ0v) is 13.4. The van der Waals surface area contributed by atoms with Gasteiger partial charge in [0.2, 0.25) is 0 Å². The quantitative estimate of drug-likeness (QED) is 0.772. The second kappa shape index (κ2) is 7.26. The molecule has 0 bridgehead atoms. The van der Waals surface area contributed by atoms with Crippen molar-refractivity contribution in [2.45, 2.75) is 69.7 Å². The monoisotopic (exact) mass is 283 g/mol. The molecule has 21 heavy (non-hydrogen) atoms. The smallest absolute Gasteiger partial charge is 0.0346 e. The Balaban J connectivity index is 1.86. The molecule has 1 aromatic rings. The Hall–Kier alpha value is -1.08. The highest BCUT2D eigenvalue weighted by Gasteiger charge is 2.28. The van der Waals surface area contributed by atoms with Gasteiger partial charge in [-0.25, -0.2) is 0 Å². The van der Waals surface area contributed by atoms with Crippen molar-refractivity contribution in [1.82, 2.24) is 5.32 Å². The van der Waals surface area contributed by atoms with Gasteiger partial charge in [0.05, 0.1) is 0 Å². The minimum absolute atomic E-state index is 0.546. The van der Waals surface area contributed by atoms with E-state index in [4.69, 9.17) is 0 Å². The molecule has 1 aromatic carbocycles. The summed E-state index contributed by atoms with van der Waals surface area (Å²) in [6, 6.07) is 9.67. The van der Waals surface area contributed by atoms with Gasteiger partial charge in [0.15, 0.2) is 0 Å². The first kappa shape index (κ1) is 14.8. The van der Waals surface area contributed by atoms with Crippen molar-refractivity contribution in [2.24, 2.45) is 0 Å². The predicted octanol–water partition coefficient (Wildman–Crippen LogP) is 4.98. The topological polar surface area (TPSA) is 12.0 Å². The lowest BCUT2D eigenvalue weighted by molar-refractivity contribution is 0.436. The third-order valence-corrected chi connectivity index (χ3v) is 5.35. The first-order valence-electron chi connectivity index (χ1n) is 8.84. The molecule has 0 saturated carbocycles. The molecule has 0 saturated heterocycles. The molecule has 0 spiro atoms. The van der Waals surface area contributed by atoms with Gasteiger partial charge in [-0.2, -0.15) is 0 Å². The summed E-state index contributed by atoms with van der Waals surface area (Å²) < 4.78 is 0. The van der Waals surface area contributed by atoms with Crippen LogP contribution in [-0.2, 0) is 6.42 Å². The molecule has 0 aliphatic heterocycles. The van der Waals surface area contributed by atoms with Crippen molar-refractivity contribution in [3.05, 3.63) is 47.0 Å². The van der Waals surface area contributed by atoms with Crippen LogP contribution in [0.15, 0.2) is 35.9 Å². The van der Waals surface area contributed by atoms with Gasteiger partial charge in [0.25, 0.3) is 0 Å². The summed E-state index contributed by atoms with van der Waals surface area (Å²) in [5.41, 5.74) is 4.87. The number of hydrogen-bond acceptors (Lipinski definition) is 1. The number of benzene rings is 1. The molecule has 0 amide bonds. The molecule has 2 aliphatic carbocycles. The summed E-state index contributed by atoms with van der Waals surface area (Å²) in [7, 11) is 2.15. The van der Waals surface area contributed by atoms with E-state index in [1.54, 1.807) is 16.7 Å². The fourth-order valence-electron chi connectivity index (χ4n) is 4.28. The summed E-state index contributed by atoms with van der Waals surface area (Å²) in [4.78, 5) is 0. The van der Waals surface area contributed by atoms with Gasteiger partial charge >= 0.3 is 0 Å². The maximum atomic E-state index is 3.66. The molecule has 1 N–H and O–H groups in total. The first-order valence-corrected chi connectivity index (χ1v) is 8.84. The van der Waals surface area contributed by atoms with Crippen LogP contribution in [-0.4, -0.2) is 13.1 Å². The molecule has 114 valence electrons. The van der Waals surface area contributed by atoms with Gasteiger partial charge in [0, 0.05) is 12.0 Å². The largest absolute Gasteiger partial charge is 0.313 e. The third kappa shape index (κ3) is 3.40. The SMILES string of the molecule is CNC(/C1=C/CCCCCC1)C1CCCc2ccccc21. The van der Waals surface area contributed by atoms with Crippen LogP contribution in [0, 0.1) is 0 Å². The summed E-state index contributed by atoms with van der Waals surface area (Å²) >= 11 is 0. The maximum absolute atomic E-state index is 3.66. The van der Waals surface area contributed by atoms with Crippen LogP contribution < -0.4 is 5.32 Å². The van der Waals surface area contributed by atoms with Crippen LogP contribution in [0.5, 0.6) is 0 Å². The fraction of sp³-hybridized carbons (Fsp3) is 0.600. The number of rotatable bonds is 3. The highest BCUT2D eigenvalue weighted by atomic mass is 14.9. The molecular formula is C20H29N. The fourth-order valence-corrected chi connectivity index (χ4v) is 4.28. The predicted molar refractivity (Wildman–Crippen MR) is 90.8 cm³/mol. The Morgan fingerprint density at radius 2 is 1.86 bits per heavy atom. The zero-order chi connectivity index (χ0) is 14.5. The second-order valence-corrected chi connectivity index (χ2v) is 6.70. The van der Waals surface area contributed by atoms with Crippen LogP contribution in [0.25, 0.3) is 0 Å². The van der Waals surface area contributed by atoms with Gasteiger partial charge in [-0.05, 0) is 63.1 Å². The third-order valence-electron chi connectivity index (χ3n) is 5.35. The Bertz CT molecular complexity index is 488. The zero-order valence-electron chi connectivity index (χ0n) is 13.4. The van der Waals surface area contributed by atoms with Crippen molar-refractivity contribution >= 4 is 0 Å². The van der Waals surface area contributed by atoms with E-state index < -0.39 is 0 Å². The minimum atomic E-state index is 0.546. The molecule has 3 rings (SSSR count). The number of hydrogen-bond donors (Lipinski definition) is 1. The summed E-state index contributed by atoms with van der Waals surface area (Å²) in [6.07, 6.45) is 14.6. The van der Waals surface area contributed by atoms with Crippen molar-refractivity contribution in [3.63, 3.8) is 0 Å². The molecule has 0 heterocycles. The molecule has 0 radical (unpaired) electrons. The van der Waals surface area contributed by atoms with Crippen LogP contribution in [0.3, 0.4) is 0 Å². The second-order valence-electron chi connectivity index (χ2n) is 6.70. The van der Waals surface area contributed by atoms with E-state index in [1.807, 2.05) is 0 Å². The van der Waals surface area contributed by atoms with Gasteiger partial charge in [0.1, 0.15) is 0 Å². The highest BCUT2D eigenvalue weighted by Crippen LogP contribution is 2.37. The number of fused-ring (bicyclic) bond motifs is 1. The van der Waals surface area contributed by atoms with Crippen molar-refractivity contribution in [3.8, 4) is 0 Å². The van der Waals surface area contributed by atoms with Gasteiger partial charge in [-0.3, -0.25) is 0 Å². The van der Waals surface area contributed by atoms with E-state index >= 15 is 0 Å². The normalized spacial score (nSPS) is 26.9. The number of likely N-dealkylation sites (N-methyl/N-ethyl adjacent to an activating group) is 1. The lowest BCUT2D eigenvalue weighted by atomic mass is 9.75. The first-order chi connectivity index (χ1) is 10.4. The molecule has 0 aromatic heterocycles. The Morgan fingerprint density at radius 3 is 2.76 bits per heavy atom. The summed E-state index contributed by atoms with van der Waals surface area (Å²) in [5, 5.41) is 3.66. The average Bonchev–Trinajstić information content (AvgIpc) is 2.50. The van der Waals surface area contributed by atoms with E-state index in [0.717, 1.165) is 0 Å². The Morgan fingerprint density at radius 1 is 1.00 bits per heavy atom. The summed E-state index contributed by atoms with van der Waals surface area (Å²) in [6.45, 7) is 0. The highest BCUT2D eigenvalue weighted by molar-refractivity contribution is 5.36. The Labute approximate surface area is 129 Å². The molecule has 2 unspecified atom stereocenters. The van der Waals surface area contributed by atoms with Crippen molar-refractivity contribution in [1.29, 1.82) is 0 Å². The maximum Gasteiger partial charge on any atom is 0.0346 e. The van der Waals surface area contributed by atoms with Crippen LogP contribution >= 0.6 is 0 Å². The average molecular weight is 283 g/mol. The van der Waals surface area contributed by atoms with Crippen molar-refractivity contribution in [2.75, 3.05) is 7.05 Å². The molecular weight excluding hydrogens is 254 g/mol. The van der Waals surface area contributed by atoms with E-state index in [9.17, 15) is 0 Å². The van der Waals surface area contributed by atoms with Crippen LogP contribution in [0.1, 0.15) is 68.4 Å².